The maximum Gasteiger partial charge on any atom is 0.405 e. The summed E-state index contributed by atoms with van der Waals surface area (Å²) in [5.41, 5.74) is 11.8. The first-order chi connectivity index (χ1) is 12.3. The Morgan fingerprint density at radius 3 is 2.08 bits per heavy atom. The zero-order valence-electron chi connectivity index (χ0n) is 14.6. The van der Waals surface area contributed by atoms with E-state index < -0.39 is 12.2 Å². The molecule has 0 saturated heterocycles. The summed E-state index contributed by atoms with van der Waals surface area (Å²) in [6.45, 7) is 2.06. The van der Waals surface area contributed by atoms with Crippen LogP contribution in [0.3, 0.4) is 0 Å². The summed E-state index contributed by atoms with van der Waals surface area (Å²) >= 11 is 0. The van der Waals surface area contributed by atoms with Crippen LogP contribution >= 0.6 is 0 Å². The van der Waals surface area contributed by atoms with Crippen molar-refractivity contribution >= 4 is 29.4 Å². The van der Waals surface area contributed by atoms with Gasteiger partial charge in [-0.3, -0.25) is 19.7 Å². The van der Waals surface area contributed by atoms with E-state index in [1.807, 2.05) is 5.32 Å². The molecule has 1 heterocycles. The molecule has 0 aromatic heterocycles. The van der Waals surface area contributed by atoms with E-state index in [0.717, 1.165) is 19.3 Å². The average molecular weight is 361 g/mol. The smallest absolute Gasteiger partial charge is 0.405 e. The van der Waals surface area contributed by atoms with Crippen molar-refractivity contribution in [2.75, 3.05) is 5.73 Å². The third-order valence-corrected chi connectivity index (χ3v) is 3.42. The Bertz CT molecular complexity index is 667. The van der Waals surface area contributed by atoms with Crippen LogP contribution in [0.1, 0.15) is 44.3 Å². The molecule has 0 saturated carbocycles. The van der Waals surface area contributed by atoms with Gasteiger partial charge in [0.25, 0.3) is 11.8 Å². The second-order valence-electron chi connectivity index (χ2n) is 5.59. The molecular weight excluding hydrogens is 338 g/mol. The fourth-order valence-corrected chi connectivity index (χ4v) is 2.14. The van der Waals surface area contributed by atoms with Crippen molar-refractivity contribution in [2.45, 2.75) is 38.7 Å². The number of nitrogens with one attached hydrogen (secondary N) is 1. The number of primary amides is 1. The highest BCUT2D eigenvalue weighted by Crippen LogP contribution is 2.22. The van der Waals surface area contributed by atoms with Crippen LogP contribution in [0.5, 0.6) is 0 Å². The summed E-state index contributed by atoms with van der Waals surface area (Å²) in [7, 11) is 0. The minimum absolute atomic E-state index is 0.142. The second kappa shape index (κ2) is 10.7. The Labute approximate surface area is 151 Å². The van der Waals surface area contributed by atoms with Crippen molar-refractivity contribution < 1.29 is 23.9 Å². The van der Waals surface area contributed by atoms with Crippen molar-refractivity contribution in [3.05, 3.63) is 42.0 Å². The lowest BCUT2D eigenvalue weighted by Gasteiger charge is -2.16. The molecule has 1 unspecified atom stereocenters. The first-order valence-electron chi connectivity index (χ1n) is 8.20. The Kier molecular flexibility index (Phi) is 8.56. The molecule has 3 amide bonds. The topological polar surface area (TPSA) is 142 Å². The van der Waals surface area contributed by atoms with Gasteiger partial charge in [-0.15, -0.1) is 0 Å². The number of hydrogen-bond donors (Lipinski definition) is 3. The molecule has 1 aromatic rings. The molecule has 0 fully saturated rings. The molecule has 8 nitrogen and oxygen atoms in total. The molecule has 1 aromatic carbocycles. The highest BCUT2D eigenvalue weighted by molar-refractivity contribution is 6.12. The molecule has 1 aliphatic rings. The third kappa shape index (κ3) is 7.61. The van der Waals surface area contributed by atoms with Gasteiger partial charge in [0.2, 0.25) is 0 Å². The minimum Gasteiger partial charge on any atom is -0.433 e. The number of hydrogen-bond acceptors (Lipinski definition) is 6. The van der Waals surface area contributed by atoms with Gasteiger partial charge >= 0.3 is 6.09 Å². The Balaban J connectivity index is 0.000000401. The molecule has 5 N–H and O–H groups in total. The van der Waals surface area contributed by atoms with Crippen molar-refractivity contribution in [2.24, 2.45) is 5.73 Å². The number of amides is 3. The number of benzene rings is 1. The quantitative estimate of drug-likeness (QED) is 0.384. The van der Waals surface area contributed by atoms with E-state index in [1.165, 1.54) is 12.2 Å². The SMILES string of the molecule is CCCCCC(=O)C(OC(N)=O)c1ccc(N)cc1.O=C1C=CC(=O)N1. The number of unbranched alkanes of at least 4 members (excludes halogenated alkanes) is 2. The fourth-order valence-electron chi connectivity index (χ4n) is 2.14. The van der Waals surface area contributed by atoms with Crippen molar-refractivity contribution in [1.29, 1.82) is 0 Å². The summed E-state index contributed by atoms with van der Waals surface area (Å²) in [5, 5.41) is 2.03. The molecule has 0 bridgehead atoms. The van der Waals surface area contributed by atoms with Gasteiger partial charge in [-0.2, -0.15) is 0 Å². The van der Waals surface area contributed by atoms with E-state index in [9.17, 15) is 19.2 Å². The summed E-state index contributed by atoms with van der Waals surface area (Å²) in [6.07, 6.45) is 3.65. The zero-order valence-corrected chi connectivity index (χ0v) is 14.6. The highest BCUT2D eigenvalue weighted by Gasteiger charge is 2.23. The van der Waals surface area contributed by atoms with Crippen LogP contribution in [0.25, 0.3) is 0 Å². The first-order valence-corrected chi connectivity index (χ1v) is 8.20. The van der Waals surface area contributed by atoms with Crippen LogP contribution in [0.15, 0.2) is 36.4 Å². The molecular formula is C18H23N3O5. The van der Waals surface area contributed by atoms with Crippen LogP contribution in [-0.4, -0.2) is 23.7 Å². The van der Waals surface area contributed by atoms with Gasteiger partial charge in [-0.05, 0) is 18.6 Å². The lowest BCUT2D eigenvalue weighted by atomic mass is 10.0. The monoisotopic (exact) mass is 361 g/mol. The number of anilines is 1. The fraction of sp³-hybridized carbons (Fsp3) is 0.333. The molecule has 0 radical (unpaired) electrons. The summed E-state index contributed by atoms with van der Waals surface area (Å²) < 4.78 is 4.92. The second-order valence-corrected chi connectivity index (χ2v) is 5.59. The number of ketones is 1. The first kappa shape index (κ1) is 20.9. The Hall–Kier alpha value is -3.16. The number of nitrogens with two attached hydrogens (primary N) is 2. The summed E-state index contributed by atoms with van der Waals surface area (Å²) in [5.74, 6) is -0.799. The van der Waals surface area contributed by atoms with Gasteiger partial charge in [0.15, 0.2) is 11.9 Å². The van der Waals surface area contributed by atoms with E-state index in [0.29, 0.717) is 17.7 Å². The molecule has 0 aliphatic carbocycles. The number of nitrogen functional groups attached to an aromatic ring is 1. The van der Waals surface area contributed by atoms with Crippen LogP contribution in [0.2, 0.25) is 0 Å². The normalized spacial score (nSPS) is 13.4. The Morgan fingerprint density at radius 1 is 1.08 bits per heavy atom. The van der Waals surface area contributed by atoms with Gasteiger partial charge in [-0.1, -0.05) is 31.9 Å². The zero-order chi connectivity index (χ0) is 19.5. The predicted molar refractivity (Wildman–Crippen MR) is 95.7 cm³/mol. The molecule has 26 heavy (non-hydrogen) atoms. The van der Waals surface area contributed by atoms with E-state index in [1.54, 1.807) is 24.3 Å². The van der Waals surface area contributed by atoms with E-state index in [2.05, 4.69) is 6.92 Å². The largest absolute Gasteiger partial charge is 0.433 e. The summed E-state index contributed by atoms with van der Waals surface area (Å²) in [4.78, 5) is 43.1. The minimum atomic E-state index is -0.953. The average Bonchev–Trinajstić information content (AvgIpc) is 2.97. The standard InChI is InChI=1S/C14H20N2O3.C4H3NO2/c1-2-3-4-5-12(17)13(19-14(16)18)10-6-8-11(15)9-7-10;6-3-1-2-4(7)5-3/h6-9,13H,2-5,15H2,1H3,(H2,16,18);1-2H,(H,5,6,7). The number of ether oxygens (including phenoxy) is 1. The molecule has 1 aliphatic heterocycles. The molecule has 140 valence electrons. The summed E-state index contributed by atoms with van der Waals surface area (Å²) in [6, 6.07) is 6.65. The van der Waals surface area contributed by atoms with Crippen molar-refractivity contribution in [1.82, 2.24) is 5.32 Å². The van der Waals surface area contributed by atoms with Crippen molar-refractivity contribution in [3.8, 4) is 0 Å². The van der Waals surface area contributed by atoms with E-state index in [4.69, 9.17) is 16.2 Å². The van der Waals surface area contributed by atoms with Crippen LogP contribution in [0, 0.1) is 0 Å². The molecule has 8 heteroatoms. The number of carbonyl (C=O) groups is 4. The maximum atomic E-state index is 12.1. The highest BCUT2D eigenvalue weighted by atomic mass is 16.6. The Morgan fingerprint density at radius 2 is 1.65 bits per heavy atom. The van der Waals surface area contributed by atoms with Gasteiger partial charge in [0.05, 0.1) is 0 Å². The molecule has 2 rings (SSSR count). The van der Waals surface area contributed by atoms with Gasteiger partial charge in [0.1, 0.15) is 0 Å². The van der Waals surface area contributed by atoms with Gasteiger partial charge in [-0.25, -0.2) is 4.79 Å². The maximum absolute atomic E-state index is 12.1. The van der Waals surface area contributed by atoms with Crippen LogP contribution in [-0.2, 0) is 19.1 Å². The molecule has 1 atom stereocenters. The van der Waals surface area contributed by atoms with Crippen LogP contribution < -0.4 is 16.8 Å². The predicted octanol–water partition coefficient (Wildman–Crippen LogP) is 1.75. The molecule has 0 spiro atoms. The van der Waals surface area contributed by atoms with Crippen molar-refractivity contribution in [3.63, 3.8) is 0 Å². The number of rotatable bonds is 7. The van der Waals surface area contributed by atoms with Crippen LogP contribution in [0.4, 0.5) is 10.5 Å². The van der Waals surface area contributed by atoms with E-state index in [-0.39, 0.29) is 17.6 Å². The van der Waals surface area contributed by atoms with Gasteiger partial charge < -0.3 is 16.2 Å². The lowest BCUT2D eigenvalue weighted by Crippen LogP contribution is -2.23. The number of carbonyl (C=O) groups excluding carboxylic acids is 4. The van der Waals surface area contributed by atoms with E-state index >= 15 is 0 Å². The lowest BCUT2D eigenvalue weighted by molar-refractivity contribution is -0.127. The number of imide groups is 1. The third-order valence-electron chi connectivity index (χ3n) is 3.42. The van der Waals surface area contributed by atoms with Gasteiger partial charge in [0, 0.05) is 29.8 Å². The number of Topliss-reactive ketones (excluding diaryl/α,β-unsaturated/α-hetero) is 1.